The number of hydrogen-bond acceptors (Lipinski definition) is 3. The summed E-state index contributed by atoms with van der Waals surface area (Å²) in [5, 5.41) is 4.19. The molecule has 2 aromatic carbocycles. The van der Waals surface area contributed by atoms with Crippen LogP contribution in [0, 0.1) is 6.92 Å². The molecule has 2 heterocycles. The van der Waals surface area contributed by atoms with Gasteiger partial charge in [-0.15, -0.1) is 11.8 Å². The topological polar surface area (TPSA) is 57.8 Å². The number of rotatable bonds is 6. The standard InChI is InChI=1S/C23H21N3OS/c1-16-6-8-17(9-7-16)21-22(19-4-2-3-5-20(19)26-21)28-15-14-25-23(27)18-10-12-24-13-11-18/h2-13,26H,14-15H2,1H3,(H,25,27). The molecule has 0 fully saturated rings. The number of H-pyrrole nitrogens is 1. The van der Waals surface area contributed by atoms with Crippen molar-refractivity contribution in [1.82, 2.24) is 15.3 Å². The molecule has 4 rings (SSSR count). The van der Waals surface area contributed by atoms with Crippen LogP contribution in [0.1, 0.15) is 15.9 Å². The Bertz CT molecular complexity index is 1090. The molecule has 0 aliphatic carbocycles. The summed E-state index contributed by atoms with van der Waals surface area (Å²) in [6.45, 7) is 2.69. The molecule has 2 aromatic heterocycles. The smallest absolute Gasteiger partial charge is 0.251 e. The minimum absolute atomic E-state index is 0.0688. The summed E-state index contributed by atoms with van der Waals surface area (Å²) in [7, 11) is 0. The fourth-order valence-electron chi connectivity index (χ4n) is 3.11. The zero-order chi connectivity index (χ0) is 19.3. The van der Waals surface area contributed by atoms with E-state index in [2.05, 4.69) is 64.7 Å². The van der Waals surface area contributed by atoms with Crippen LogP contribution in [0.2, 0.25) is 0 Å². The number of nitrogens with one attached hydrogen (secondary N) is 2. The molecule has 0 unspecified atom stereocenters. The molecule has 2 N–H and O–H groups in total. The van der Waals surface area contributed by atoms with Crippen molar-refractivity contribution in [2.45, 2.75) is 11.8 Å². The fraction of sp³-hybridized carbons (Fsp3) is 0.130. The second-order valence-electron chi connectivity index (χ2n) is 6.58. The van der Waals surface area contributed by atoms with E-state index in [9.17, 15) is 4.79 Å². The first kappa shape index (κ1) is 18.3. The Morgan fingerprint density at radius 3 is 2.57 bits per heavy atom. The van der Waals surface area contributed by atoms with Crippen LogP contribution in [0.5, 0.6) is 0 Å². The van der Waals surface area contributed by atoms with E-state index in [1.165, 1.54) is 21.4 Å². The zero-order valence-electron chi connectivity index (χ0n) is 15.6. The SMILES string of the molecule is Cc1ccc(-c2[nH]c3ccccc3c2SCCNC(=O)c2ccncc2)cc1. The molecular formula is C23H21N3OS. The van der Waals surface area contributed by atoms with Crippen LogP contribution >= 0.6 is 11.8 Å². The Hall–Kier alpha value is -3.05. The Kier molecular flexibility index (Phi) is 5.44. The summed E-state index contributed by atoms with van der Waals surface area (Å²) in [5.74, 6) is 0.720. The van der Waals surface area contributed by atoms with E-state index in [0.29, 0.717) is 12.1 Å². The average Bonchev–Trinajstić information content (AvgIpc) is 3.11. The number of hydrogen-bond donors (Lipinski definition) is 2. The molecule has 1 amide bonds. The van der Waals surface area contributed by atoms with Gasteiger partial charge in [0.05, 0.1) is 5.69 Å². The van der Waals surface area contributed by atoms with E-state index in [-0.39, 0.29) is 5.91 Å². The van der Waals surface area contributed by atoms with Crippen LogP contribution in [0.15, 0.2) is 78.0 Å². The van der Waals surface area contributed by atoms with Crippen molar-refractivity contribution in [2.75, 3.05) is 12.3 Å². The Morgan fingerprint density at radius 1 is 1.04 bits per heavy atom. The first-order chi connectivity index (χ1) is 13.7. The summed E-state index contributed by atoms with van der Waals surface area (Å²) in [4.78, 5) is 20.9. The predicted octanol–water partition coefficient (Wildman–Crippen LogP) is 5.06. The first-order valence-electron chi connectivity index (χ1n) is 9.21. The highest BCUT2D eigenvalue weighted by molar-refractivity contribution is 7.99. The molecule has 0 saturated carbocycles. The highest BCUT2D eigenvalue weighted by Crippen LogP contribution is 2.37. The fourth-order valence-corrected chi connectivity index (χ4v) is 4.17. The largest absolute Gasteiger partial charge is 0.354 e. The van der Waals surface area contributed by atoms with Crippen LogP contribution in [0.25, 0.3) is 22.2 Å². The summed E-state index contributed by atoms with van der Waals surface area (Å²) in [6, 6.07) is 20.3. The second-order valence-corrected chi connectivity index (χ2v) is 7.69. The summed E-state index contributed by atoms with van der Waals surface area (Å²) in [6.07, 6.45) is 3.26. The third kappa shape index (κ3) is 3.94. The summed E-state index contributed by atoms with van der Waals surface area (Å²) >= 11 is 1.76. The highest BCUT2D eigenvalue weighted by atomic mass is 32.2. The monoisotopic (exact) mass is 387 g/mol. The van der Waals surface area contributed by atoms with E-state index < -0.39 is 0 Å². The maximum absolute atomic E-state index is 12.2. The van der Waals surface area contributed by atoms with Gasteiger partial charge < -0.3 is 10.3 Å². The number of fused-ring (bicyclic) bond motifs is 1. The third-order valence-electron chi connectivity index (χ3n) is 4.58. The number of nitrogens with zero attached hydrogens (tertiary/aromatic N) is 1. The Balaban J connectivity index is 1.50. The quantitative estimate of drug-likeness (QED) is 0.359. The van der Waals surface area contributed by atoms with Crippen LogP contribution in [0.3, 0.4) is 0 Å². The number of amides is 1. The van der Waals surface area contributed by atoms with Crippen molar-refractivity contribution < 1.29 is 4.79 Å². The lowest BCUT2D eigenvalue weighted by Crippen LogP contribution is -2.25. The minimum Gasteiger partial charge on any atom is -0.354 e. The van der Waals surface area contributed by atoms with Gasteiger partial charge in [-0.3, -0.25) is 9.78 Å². The van der Waals surface area contributed by atoms with Crippen LogP contribution in [-0.2, 0) is 0 Å². The number of carbonyl (C=O) groups is 1. The van der Waals surface area contributed by atoms with Gasteiger partial charge in [0.2, 0.25) is 0 Å². The molecule has 0 bridgehead atoms. The zero-order valence-corrected chi connectivity index (χ0v) is 16.4. The highest BCUT2D eigenvalue weighted by Gasteiger charge is 2.13. The molecule has 0 radical (unpaired) electrons. The van der Waals surface area contributed by atoms with Crippen molar-refractivity contribution in [3.05, 3.63) is 84.2 Å². The molecule has 4 aromatic rings. The molecule has 5 heteroatoms. The molecule has 0 aliphatic heterocycles. The maximum atomic E-state index is 12.2. The number of para-hydroxylation sites is 1. The van der Waals surface area contributed by atoms with Gasteiger partial charge >= 0.3 is 0 Å². The Labute approximate surface area is 168 Å². The first-order valence-corrected chi connectivity index (χ1v) is 10.2. The van der Waals surface area contributed by atoms with E-state index >= 15 is 0 Å². The molecule has 28 heavy (non-hydrogen) atoms. The molecule has 0 saturated heterocycles. The number of aryl methyl sites for hydroxylation is 1. The van der Waals surface area contributed by atoms with Gasteiger partial charge in [0, 0.05) is 46.1 Å². The molecule has 0 aliphatic rings. The number of benzene rings is 2. The van der Waals surface area contributed by atoms with Gasteiger partial charge in [-0.2, -0.15) is 0 Å². The lowest BCUT2D eigenvalue weighted by atomic mass is 10.1. The van der Waals surface area contributed by atoms with Crippen molar-refractivity contribution in [3.8, 4) is 11.3 Å². The van der Waals surface area contributed by atoms with E-state index in [1.807, 2.05) is 6.07 Å². The van der Waals surface area contributed by atoms with Gasteiger partial charge in [0.1, 0.15) is 0 Å². The number of pyridine rings is 1. The molecule has 140 valence electrons. The van der Waals surface area contributed by atoms with E-state index in [4.69, 9.17) is 0 Å². The number of aromatic nitrogens is 2. The van der Waals surface area contributed by atoms with Gasteiger partial charge in [-0.05, 0) is 30.7 Å². The summed E-state index contributed by atoms with van der Waals surface area (Å²) in [5.41, 5.74) is 5.30. The Morgan fingerprint density at radius 2 is 1.79 bits per heavy atom. The van der Waals surface area contributed by atoms with Crippen LogP contribution in [-0.4, -0.2) is 28.2 Å². The van der Waals surface area contributed by atoms with Gasteiger partial charge in [-0.1, -0.05) is 48.0 Å². The predicted molar refractivity (Wildman–Crippen MR) is 116 cm³/mol. The van der Waals surface area contributed by atoms with E-state index in [1.54, 1.807) is 36.3 Å². The maximum Gasteiger partial charge on any atom is 0.251 e. The minimum atomic E-state index is -0.0688. The second kappa shape index (κ2) is 8.31. The average molecular weight is 388 g/mol. The van der Waals surface area contributed by atoms with Crippen molar-refractivity contribution in [2.24, 2.45) is 0 Å². The lowest BCUT2D eigenvalue weighted by Gasteiger charge is -2.07. The van der Waals surface area contributed by atoms with Gasteiger partial charge in [-0.25, -0.2) is 0 Å². The molecular weight excluding hydrogens is 366 g/mol. The van der Waals surface area contributed by atoms with Gasteiger partial charge in [0.25, 0.3) is 5.91 Å². The molecule has 0 spiro atoms. The lowest BCUT2D eigenvalue weighted by molar-refractivity contribution is 0.0956. The summed E-state index contributed by atoms with van der Waals surface area (Å²) < 4.78 is 0. The molecule has 4 nitrogen and oxygen atoms in total. The van der Waals surface area contributed by atoms with Crippen molar-refractivity contribution >= 4 is 28.6 Å². The third-order valence-corrected chi connectivity index (χ3v) is 5.70. The van der Waals surface area contributed by atoms with Crippen molar-refractivity contribution in [3.63, 3.8) is 0 Å². The number of carbonyl (C=O) groups excluding carboxylic acids is 1. The van der Waals surface area contributed by atoms with Gasteiger partial charge in [0.15, 0.2) is 0 Å². The molecule has 0 atom stereocenters. The van der Waals surface area contributed by atoms with Crippen LogP contribution < -0.4 is 5.32 Å². The number of thioether (sulfide) groups is 1. The van der Waals surface area contributed by atoms with Crippen molar-refractivity contribution in [1.29, 1.82) is 0 Å². The van der Waals surface area contributed by atoms with Crippen LogP contribution in [0.4, 0.5) is 0 Å². The normalized spacial score (nSPS) is 10.9. The number of aromatic amines is 1. The van der Waals surface area contributed by atoms with E-state index in [0.717, 1.165) is 17.0 Å².